The Morgan fingerprint density at radius 1 is 1.22 bits per heavy atom. The second-order valence-corrected chi connectivity index (χ2v) is 6.26. The zero-order chi connectivity index (χ0) is 16.8. The van der Waals surface area contributed by atoms with Crippen LogP contribution in [-0.4, -0.2) is 26.4 Å². The fraction of sp³-hybridized carbons (Fsp3) is 0.263. The van der Waals surface area contributed by atoms with E-state index in [-0.39, 0.29) is 11.4 Å². The maximum atomic E-state index is 11.7. The minimum atomic E-state index is -0.342. The summed E-state index contributed by atoms with van der Waals surface area (Å²) in [4.78, 5) is 24.8. The number of fused-ring (bicyclic) bond motifs is 3. The number of benzene rings is 2. The van der Waals surface area contributed by atoms with Gasteiger partial charge in [-0.15, -0.1) is 0 Å². The number of allylic oxidation sites excluding steroid dienone is 2. The predicted octanol–water partition coefficient (Wildman–Crippen LogP) is 3.44. The zero-order valence-electron chi connectivity index (χ0n) is 13.7. The van der Waals surface area contributed by atoms with E-state index in [4.69, 9.17) is 4.74 Å². The standard InChI is InChI=1S/C19H19NO3/c1-19(2)16(9-10-21)20(3)15-8-6-12-11-13(18(22)23-4)5-7-14(12)17(15)19/h5-11H,1-4H3/b16-9-. The molecular weight excluding hydrogens is 290 g/mol. The lowest BCUT2D eigenvalue weighted by molar-refractivity contribution is -0.104. The second kappa shape index (κ2) is 5.23. The van der Waals surface area contributed by atoms with Gasteiger partial charge in [-0.05, 0) is 40.6 Å². The molecule has 0 aromatic heterocycles. The molecule has 4 heteroatoms. The van der Waals surface area contributed by atoms with Crippen LogP contribution in [0.5, 0.6) is 0 Å². The number of ether oxygens (including phenoxy) is 1. The molecule has 4 nitrogen and oxygen atoms in total. The lowest BCUT2D eigenvalue weighted by Crippen LogP contribution is -2.23. The number of methoxy groups -OCH3 is 1. The van der Waals surface area contributed by atoms with Crippen LogP contribution in [0.4, 0.5) is 5.69 Å². The number of nitrogens with zero attached hydrogens (tertiary/aromatic N) is 1. The summed E-state index contributed by atoms with van der Waals surface area (Å²) in [5, 5.41) is 2.07. The number of likely N-dealkylation sites (N-methyl/N-ethyl adjacent to an activating group) is 1. The van der Waals surface area contributed by atoms with E-state index in [2.05, 4.69) is 18.7 Å². The van der Waals surface area contributed by atoms with Gasteiger partial charge in [0.15, 0.2) is 0 Å². The monoisotopic (exact) mass is 309 g/mol. The van der Waals surface area contributed by atoms with Gasteiger partial charge in [0.2, 0.25) is 0 Å². The van der Waals surface area contributed by atoms with Crippen molar-refractivity contribution in [2.75, 3.05) is 19.1 Å². The first kappa shape index (κ1) is 15.3. The molecule has 0 amide bonds. The van der Waals surface area contributed by atoms with Crippen molar-refractivity contribution in [1.29, 1.82) is 0 Å². The zero-order valence-corrected chi connectivity index (χ0v) is 13.7. The van der Waals surface area contributed by atoms with E-state index in [1.54, 1.807) is 12.1 Å². The highest BCUT2D eigenvalue weighted by Gasteiger charge is 2.39. The average Bonchev–Trinajstić information content (AvgIpc) is 2.74. The number of hydrogen-bond acceptors (Lipinski definition) is 4. The van der Waals surface area contributed by atoms with E-state index in [0.717, 1.165) is 28.4 Å². The Kier molecular flexibility index (Phi) is 3.48. The molecule has 0 atom stereocenters. The van der Waals surface area contributed by atoms with Crippen LogP contribution >= 0.6 is 0 Å². The molecule has 23 heavy (non-hydrogen) atoms. The van der Waals surface area contributed by atoms with Crippen LogP contribution in [0.3, 0.4) is 0 Å². The van der Waals surface area contributed by atoms with Crippen molar-refractivity contribution in [3.8, 4) is 0 Å². The Morgan fingerprint density at radius 3 is 2.61 bits per heavy atom. The Balaban J connectivity index is 2.28. The number of hydrogen-bond donors (Lipinski definition) is 0. The third-order valence-electron chi connectivity index (χ3n) is 4.63. The van der Waals surface area contributed by atoms with Crippen molar-refractivity contribution >= 4 is 28.7 Å². The molecule has 118 valence electrons. The highest BCUT2D eigenvalue weighted by atomic mass is 16.5. The summed E-state index contributed by atoms with van der Waals surface area (Å²) < 4.78 is 4.79. The highest BCUT2D eigenvalue weighted by Crippen LogP contribution is 2.49. The fourth-order valence-corrected chi connectivity index (χ4v) is 3.56. The van der Waals surface area contributed by atoms with Gasteiger partial charge in [-0.2, -0.15) is 0 Å². The quantitative estimate of drug-likeness (QED) is 0.484. The molecule has 0 aliphatic carbocycles. The molecule has 2 aromatic rings. The van der Waals surface area contributed by atoms with Crippen LogP contribution in [0.1, 0.15) is 29.8 Å². The first-order valence-corrected chi connectivity index (χ1v) is 7.47. The summed E-state index contributed by atoms with van der Waals surface area (Å²) in [6.07, 6.45) is 2.45. The van der Waals surface area contributed by atoms with Gasteiger partial charge in [0, 0.05) is 23.8 Å². The Labute approximate surface area is 135 Å². The normalized spacial score (nSPS) is 17.4. The molecule has 1 heterocycles. The number of rotatable bonds is 2. The summed E-state index contributed by atoms with van der Waals surface area (Å²) in [6, 6.07) is 9.62. The van der Waals surface area contributed by atoms with Crippen molar-refractivity contribution in [1.82, 2.24) is 0 Å². The summed E-state index contributed by atoms with van der Waals surface area (Å²) in [5.41, 5.74) is 3.47. The summed E-state index contributed by atoms with van der Waals surface area (Å²) in [6.45, 7) is 4.22. The lowest BCUT2D eigenvalue weighted by Gasteiger charge is -2.23. The Hall–Kier alpha value is -2.62. The molecule has 0 radical (unpaired) electrons. The number of aldehydes is 1. The number of carbonyl (C=O) groups is 2. The van der Waals surface area contributed by atoms with Crippen molar-refractivity contribution < 1.29 is 14.3 Å². The van der Waals surface area contributed by atoms with E-state index in [1.807, 2.05) is 31.3 Å². The van der Waals surface area contributed by atoms with E-state index >= 15 is 0 Å². The SMILES string of the molecule is COC(=O)c1ccc2c3c(ccc2c1)N(C)/C(=C\C=O)C3(C)C. The van der Waals surface area contributed by atoms with E-state index in [0.29, 0.717) is 5.56 Å². The second-order valence-electron chi connectivity index (χ2n) is 6.26. The number of esters is 1. The molecule has 0 spiro atoms. The van der Waals surface area contributed by atoms with Crippen molar-refractivity contribution in [2.24, 2.45) is 0 Å². The minimum absolute atomic E-state index is 0.280. The van der Waals surface area contributed by atoms with Gasteiger partial charge in [-0.3, -0.25) is 4.79 Å². The smallest absolute Gasteiger partial charge is 0.337 e. The molecule has 0 fully saturated rings. The predicted molar refractivity (Wildman–Crippen MR) is 90.9 cm³/mol. The molecule has 0 N–H and O–H groups in total. The van der Waals surface area contributed by atoms with Gasteiger partial charge in [0.25, 0.3) is 0 Å². The average molecular weight is 309 g/mol. The first-order valence-electron chi connectivity index (χ1n) is 7.47. The Bertz CT molecular complexity index is 849. The van der Waals surface area contributed by atoms with Crippen LogP contribution in [0.2, 0.25) is 0 Å². The number of anilines is 1. The third kappa shape index (κ3) is 2.13. The van der Waals surface area contributed by atoms with Crippen LogP contribution in [0.25, 0.3) is 10.8 Å². The molecular formula is C19H19NO3. The fourth-order valence-electron chi connectivity index (χ4n) is 3.56. The molecule has 2 aromatic carbocycles. The van der Waals surface area contributed by atoms with Crippen LogP contribution < -0.4 is 4.90 Å². The Morgan fingerprint density at radius 2 is 1.96 bits per heavy atom. The van der Waals surface area contributed by atoms with E-state index in [9.17, 15) is 9.59 Å². The van der Waals surface area contributed by atoms with Gasteiger partial charge in [-0.25, -0.2) is 4.79 Å². The van der Waals surface area contributed by atoms with E-state index in [1.165, 1.54) is 12.7 Å². The van der Waals surface area contributed by atoms with Gasteiger partial charge < -0.3 is 9.64 Å². The minimum Gasteiger partial charge on any atom is -0.465 e. The first-order chi connectivity index (χ1) is 10.9. The molecule has 3 rings (SSSR count). The highest BCUT2D eigenvalue weighted by molar-refractivity contribution is 6.00. The molecule has 0 saturated heterocycles. The van der Waals surface area contributed by atoms with Crippen LogP contribution in [-0.2, 0) is 14.9 Å². The molecule has 0 bridgehead atoms. The summed E-state index contributed by atoms with van der Waals surface area (Å²) in [7, 11) is 3.35. The van der Waals surface area contributed by atoms with E-state index < -0.39 is 0 Å². The van der Waals surface area contributed by atoms with Crippen molar-refractivity contribution in [3.05, 3.63) is 53.2 Å². The van der Waals surface area contributed by atoms with Crippen molar-refractivity contribution in [3.63, 3.8) is 0 Å². The third-order valence-corrected chi connectivity index (χ3v) is 4.63. The van der Waals surface area contributed by atoms with Gasteiger partial charge in [-0.1, -0.05) is 26.0 Å². The topological polar surface area (TPSA) is 46.6 Å². The molecule has 1 aliphatic rings. The number of carbonyl (C=O) groups excluding carboxylic acids is 2. The molecule has 1 aliphatic heterocycles. The lowest BCUT2D eigenvalue weighted by atomic mass is 9.81. The summed E-state index contributed by atoms with van der Waals surface area (Å²) >= 11 is 0. The van der Waals surface area contributed by atoms with Crippen molar-refractivity contribution in [2.45, 2.75) is 19.3 Å². The van der Waals surface area contributed by atoms with Gasteiger partial charge >= 0.3 is 5.97 Å². The molecule has 0 unspecified atom stereocenters. The van der Waals surface area contributed by atoms with Gasteiger partial charge in [0.1, 0.15) is 6.29 Å². The molecule has 0 saturated carbocycles. The van der Waals surface area contributed by atoms with Crippen LogP contribution in [0, 0.1) is 0 Å². The van der Waals surface area contributed by atoms with Crippen LogP contribution in [0.15, 0.2) is 42.1 Å². The van der Waals surface area contributed by atoms with Gasteiger partial charge in [0.05, 0.1) is 12.7 Å². The largest absolute Gasteiger partial charge is 0.465 e. The summed E-state index contributed by atoms with van der Waals surface area (Å²) in [5.74, 6) is -0.342. The maximum absolute atomic E-state index is 11.7. The maximum Gasteiger partial charge on any atom is 0.337 e.